The highest BCUT2D eigenvalue weighted by Crippen LogP contribution is 2.38. The Hall–Kier alpha value is -1.55. The summed E-state index contributed by atoms with van der Waals surface area (Å²) in [6.45, 7) is 4.09. The normalized spacial score (nSPS) is 22.9. The van der Waals surface area contributed by atoms with Crippen molar-refractivity contribution in [3.8, 4) is 5.75 Å². The summed E-state index contributed by atoms with van der Waals surface area (Å²) in [6, 6.07) is 5.88. The lowest BCUT2D eigenvalue weighted by molar-refractivity contribution is -0.146. The average Bonchev–Trinajstić information content (AvgIpc) is 2.46. The lowest BCUT2D eigenvalue weighted by atomic mass is 9.76. The van der Waals surface area contributed by atoms with Gasteiger partial charge in [-0.1, -0.05) is 13.0 Å². The highest BCUT2D eigenvalue weighted by molar-refractivity contribution is 5.82. The second-order valence-corrected chi connectivity index (χ2v) is 5.54. The lowest BCUT2D eigenvalue weighted by Gasteiger charge is -2.38. The summed E-state index contributed by atoms with van der Waals surface area (Å²) in [6.07, 6.45) is 3.31. The molecular weight excluding hydrogens is 254 g/mol. The summed E-state index contributed by atoms with van der Waals surface area (Å²) in [5, 5.41) is 13.1. The molecule has 4 heteroatoms. The fourth-order valence-electron chi connectivity index (χ4n) is 2.96. The van der Waals surface area contributed by atoms with Crippen LogP contribution in [0.5, 0.6) is 5.75 Å². The minimum atomic E-state index is -0.963. The molecule has 0 amide bonds. The smallest absolute Gasteiger partial charge is 0.328 e. The average molecular weight is 277 g/mol. The third-order valence-corrected chi connectivity index (χ3v) is 4.24. The van der Waals surface area contributed by atoms with Crippen LogP contribution in [0, 0.1) is 0 Å². The summed E-state index contributed by atoms with van der Waals surface area (Å²) < 4.78 is 5.24. The van der Waals surface area contributed by atoms with E-state index < -0.39 is 11.5 Å². The zero-order chi connectivity index (χ0) is 14.8. The number of methoxy groups -OCH3 is 1. The Morgan fingerprint density at radius 2 is 2.30 bits per heavy atom. The molecule has 2 rings (SSSR count). The number of hydrogen-bond donors (Lipinski definition) is 2. The maximum atomic E-state index is 12.0. The molecule has 1 aliphatic carbocycles. The van der Waals surface area contributed by atoms with E-state index in [1.807, 2.05) is 25.1 Å². The maximum absolute atomic E-state index is 12.0. The van der Waals surface area contributed by atoms with E-state index in [1.165, 1.54) is 0 Å². The zero-order valence-corrected chi connectivity index (χ0v) is 12.4. The fourth-order valence-corrected chi connectivity index (χ4v) is 2.96. The molecule has 1 aromatic rings. The standard InChI is InChI=1S/C16H23NO3/c1-4-11(2)17-16(15(18)19)9-5-6-12-10-13(20-3)7-8-14(12)16/h7-8,10-11,17H,4-6,9H2,1-3H3,(H,18,19). The van der Waals surface area contributed by atoms with Gasteiger partial charge in [0.25, 0.3) is 0 Å². The summed E-state index contributed by atoms with van der Waals surface area (Å²) in [5.74, 6) is -0.00241. The number of aryl methyl sites for hydroxylation is 1. The van der Waals surface area contributed by atoms with Gasteiger partial charge in [-0.15, -0.1) is 0 Å². The van der Waals surface area contributed by atoms with Crippen LogP contribution in [-0.4, -0.2) is 24.2 Å². The second kappa shape index (κ2) is 5.83. The number of rotatable bonds is 5. The van der Waals surface area contributed by atoms with Gasteiger partial charge in [-0.05, 0) is 55.9 Å². The van der Waals surface area contributed by atoms with Crippen molar-refractivity contribution < 1.29 is 14.6 Å². The topological polar surface area (TPSA) is 58.6 Å². The first-order chi connectivity index (χ1) is 9.53. The van der Waals surface area contributed by atoms with Gasteiger partial charge in [0.2, 0.25) is 0 Å². The summed E-state index contributed by atoms with van der Waals surface area (Å²) in [5.41, 5.74) is 1.00. The first kappa shape index (κ1) is 14.9. The molecule has 0 heterocycles. The highest BCUT2D eigenvalue weighted by Gasteiger charge is 2.44. The number of hydrogen-bond acceptors (Lipinski definition) is 3. The number of carbonyl (C=O) groups is 1. The van der Waals surface area contributed by atoms with Gasteiger partial charge in [0.05, 0.1) is 7.11 Å². The lowest BCUT2D eigenvalue weighted by Crippen LogP contribution is -2.54. The van der Waals surface area contributed by atoms with E-state index in [0.29, 0.717) is 6.42 Å². The van der Waals surface area contributed by atoms with Gasteiger partial charge < -0.3 is 9.84 Å². The molecule has 20 heavy (non-hydrogen) atoms. The van der Waals surface area contributed by atoms with Crippen molar-refractivity contribution in [1.29, 1.82) is 0 Å². The van der Waals surface area contributed by atoms with Crippen LogP contribution in [0.1, 0.15) is 44.2 Å². The Morgan fingerprint density at radius 3 is 2.90 bits per heavy atom. The predicted octanol–water partition coefficient (Wildman–Crippen LogP) is 2.70. The van der Waals surface area contributed by atoms with Crippen LogP contribution in [-0.2, 0) is 16.8 Å². The summed E-state index contributed by atoms with van der Waals surface area (Å²) in [4.78, 5) is 12.0. The van der Waals surface area contributed by atoms with Crippen LogP contribution < -0.4 is 10.1 Å². The van der Waals surface area contributed by atoms with Gasteiger partial charge in [0.15, 0.2) is 0 Å². The molecule has 2 atom stereocenters. The van der Waals surface area contributed by atoms with Crippen LogP contribution in [0.25, 0.3) is 0 Å². The SMILES string of the molecule is CCC(C)NC1(C(=O)O)CCCc2cc(OC)ccc21. The van der Waals surface area contributed by atoms with Crippen molar-refractivity contribution in [2.75, 3.05) is 7.11 Å². The maximum Gasteiger partial charge on any atom is 0.328 e. The molecule has 0 aromatic heterocycles. The summed E-state index contributed by atoms with van der Waals surface area (Å²) >= 11 is 0. The molecule has 0 radical (unpaired) electrons. The van der Waals surface area contributed by atoms with Crippen molar-refractivity contribution in [1.82, 2.24) is 5.32 Å². The zero-order valence-electron chi connectivity index (χ0n) is 12.4. The molecular formula is C16H23NO3. The predicted molar refractivity (Wildman–Crippen MR) is 78.1 cm³/mol. The highest BCUT2D eigenvalue weighted by atomic mass is 16.5. The van der Waals surface area contributed by atoms with E-state index >= 15 is 0 Å². The van der Waals surface area contributed by atoms with Gasteiger partial charge in [0.1, 0.15) is 11.3 Å². The van der Waals surface area contributed by atoms with Gasteiger partial charge in [-0.3, -0.25) is 5.32 Å². The van der Waals surface area contributed by atoms with Crippen molar-refractivity contribution >= 4 is 5.97 Å². The third kappa shape index (κ3) is 2.52. The Balaban J connectivity index is 2.48. The van der Waals surface area contributed by atoms with Crippen molar-refractivity contribution in [3.05, 3.63) is 29.3 Å². The van der Waals surface area contributed by atoms with Gasteiger partial charge in [-0.2, -0.15) is 0 Å². The van der Waals surface area contributed by atoms with Crippen LogP contribution in [0.3, 0.4) is 0 Å². The number of carboxylic acids is 1. The van der Waals surface area contributed by atoms with Gasteiger partial charge in [-0.25, -0.2) is 4.79 Å². The summed E-state index contributed by atoms with van der Waals surface area (Å²) in [7, 11) is 1.63. The minimum Gasteiger partial charge on any atom is -0.497 e. The van der Waals surface area contributed by atoms with E-state index in [0.717, 1.165) is 36.1 Å². The number of ether oxygens (including phenoxy) is 1. The minimum absolute atomic E-state index is 0.166. The molecule has 2 N–H and O–H groups in total. The van der Waals surface area contributed by atoms with Crippen LogP contribution in [0.4, 0.5) is 0 Å². The van der Waals surface area contributed by atoms with E-state index in [4.69, 9.17) is 4.74 Å². The molecule has 4 nitrogen and oxygen atoms in total. The third-order valence-electron chi connectivity index (χ3n) is 4.24. The van der Waals surface area contributed by atoms with Crippen LogP contribution in [0.15, 0.2) is 18.2 Å². The number of fused-ring (bicyclic) bond motifs is 1. The Morgan fingerprint density at radius 1 is 1.55 bits per heavy atom. The molecule has 1 aromatic carbocycles. The number of carboxylic acid groups (broad SMARTS) is 1. The molecule has 2 unspecified atom stereocenters. The molecule has 0 fully saturated rings. The molecule has 0 aliphatic heterocycles. The monoisotopic (exact) mass is 277 g/mol. The van der Waals surface area contributed by atoms with Crippen molar-refractivity contribution in [2.24, 2.45) is 0 Å². The molecule has 0 saturated heterocycles. The van der Waals surface area contributed by atoms with Crippen LogP contribution >= 0.6 is 0 Å². The second-order valence-electron chi connectivity index (χ2n) is 5.54. The van der Waals surface area contributed by atoms with Gasteiger partial charge in [0, 0.05) is 6.04 Å². The Bertz CT molecular complexity index is 500. The van der Waals surface area contributed by atoms with E-state index in [9.17, 15) is 9.90 Å². The first-order valence-corrected chi connectivity index (χ1v) is 7.22. The molecule has 110 valence electrons. The number of aliphatic carboxylic acids is 1. The molecule has 0 saturated carbocycles. The van der Waals surface area contributed by atoms with Gasteiger partial charge >= 0.3 is 5.97 Å². The quantitative estimate of drug-likeness (QED) is 0.869. The number of nitrogens with one attached hydrogen (secondary N) is 1. The van der Waals surface area contributed by atoms with E-state index in [1.54, 1.807) is 7.11 Å². The van der Waals surface area contributed by atoms with Crippen molar-refractivity contribution in [2.45, 2.75) is 51.1 Å². The molecule has 0 spiro atoms. The van der Waals surface area contributed by atoms with Crippen LogP contribution in [0.2, 0.25) is 0 Å². The van der Waals surface area contributed by atoms with E-state index in [-0.39, 0.29) is 6.04 Å². The van der Waals surface area contributed by atoms with Crippen molar-refractivity contribution in [3.63, 3.8) is 0 Å². The fraction of sp³-hybridized carbons (Fsp3) is 0.562. The first-order valence-electron chi connectivity index (χ1n) is 7.22. The largest absolute Gasteiger partial charge is 0.497 e. The van der Waals surface area contributed by atoms with E-state index in [2.05, 4.69) is 12.2 Å². The Kier molecular flexibility index (Phi) is 4.33. The molecule has 1 aliphatic rings. The Labute approximate surface area is 120 Å². The molecule has 0 bridgehead atoms. The number of benzene rings is 1.